The van der Waals surface area contributed by atoms with Crippen molar-refractivity contribution >= 4 is 22.4 Å². The van der Waals surface area contributed by atoms with Gasteiger partial charge in [-0.15, -0.1) is 12.4 Å². The largest absolute Gasteiger partial charge is 0.317 e. The lowest BCUT2D eigenvalue weighted by atomic mass is 10.1. The normalized spacial score (nSPS) is 18.9. The third-order valence-corrected chi connectivity index (χ3v) is 5.90. The van der Waals surface area contributed by atoms with Crippen LogP contribution < -0.4 is 5.32 Å². The van der Waals surface area contributed by atoms with Gasteiger partial charge in [-0.3, -0.25) is 0 Å². The summed E-state index contributed by atoms with van der Waals surface area (Å²) in [5.74, 6) is 0.631. The predicted molar refractivity (Wildman–Crippen MR) is 78.8 cm³/mol. The van der Waals surface area contributed by atoms with Crippen LogP contribution >= 0.6 is 12.4 Å². The SMILES string of the molecule is CCC(CC)CS(=O)(=O)N1CCC(NC)CC1.Cl. The number of sulfonamides is 1. The Balaban J connectivity index is 0.00000289. The van der Waals surface area contributed by atoms with Crippen molar-refractivity contribution < 1.29 is 8.42 Å². The van der Waals surface area contributed by atoms with E-state index in [4.69, 9.17) is 0 Å². The second-order valence-corrected chi connectivity index (χ2v) is 6.94. The first-order valence-corrected chi connectivity index (χ1v) is 8.29. The van der Waals surface area contributed by atoms with Crippen molar-refractivity contribution in [3.63, 3.8) is 0 Å². The molecule has 1 N–H and O–H groups in total. The van der Waals surface area contributed by atoms with Crippen molar-refractivity contribution in [2.75, 3.05) is 25.9 Å². The van der Waals surface area contributed by atoms with E-state index in [-0.39, 0.29) is 12.4 Å². The van der Waals surface area contributed by atoms with Crippen LogP contribution in [-0.4, -0.2) is 44.7 Å². The summed E-state index contributed by atoms with van der Waals surface area (Å²) in [5, 5.41) is 3.22. The van der Waals surface area contributed by atoms with Crippen LogP contribution in [0.3, 0.4) is 0 Å². The number of hydrogen-bond acceptors (Lipinski definition) is 3. The zero-order valence-corrected chi connectivity index (χ0v) is 13.3. The molecule has 0 radical (unpaired) electrons. The monoisotopic (exact) mass is 298 g/mol. The molecule has 1 aliphatic heterocycles. The average molecular weight is 299 g/mol. The van der Waals surface area contributed by atoms with Gasteiger partial charge in [-0.25, -0.2) is 12.7 Å². The van der Waals surface area contributed by atoms with Crippen molar-refractivity contribution in [1.29, 1.82) is 0 Å². The first-order chi connectivity index (χ1) is 8.03. The highest BCUT2D eigenvalue weighted by Crippen LogP contribution is 2.18. The predicted octanol–water partition coefficient (Wildman–Crippen LogP) is 1.86. The molecule has 0 bridgehead atoms. The molecule has 0 atom stereocenters. The maximum atomic E-state index is 12.2. The third kappa shape index (κ3) is 5.03. The molecule has 0 aromatic rings. The zero-order chi connectivity index (χ0) is 12.9. The third-order valence-electron chi connectivity index (χ3n) is 3.86. The van der Waals surface area contributed by atoms with Crippen molar-refractivity contribution in [3.05, 3.63) is 0 Å². The van der Waals surface area contributed by atoms with Crippen LogP contribution in [-0.2, 0) is 10.0 Å². The Labute approximate surface area is 118 Å². The molecule has 1 aliphatic rings. The van der Waals surface area contributed by atoms with Crippen molar-refractivity contribution in [3.8, 4) is 0 Å². The highest BCUT2D eigenvalue weighted by molar-refractivity contribution is 7.89. The fourth-order valence-corrected chi connectivity index (χ4v) is 4.40. The minimum Gasteiger partial charge on any atom is -0.317 e. The molecule has 0 unspecified atom stereocenters. The molecule has 1 rings (SSSR count). The van der Waals surface area contributed by atoms with Crippen LogP contribution in [0.2, 0.25) is 0 Å². The maximum absolute atomic E-state index is 12.2. The summed E-state index contributed by atoms with van der Waals surface area (Å²) >= 11 is 0. The van der Waals surface area contributed by atoms with Crippen LogP contribution in [0.25, 0.3) is 0 Å². The minimum absolute atomic E-state index is 0. The smallest absolute Gasteiger partial charge is 0.214 e. The lowest BCUT2D eigenvalue weighted by molar-refractivity contribution is 0.296. The van der Waals surface area contributed by atoms with Gasteiger partial charge in [-0.1, -0.05) is 26.7 Å². The van der Waals surface area contributed by atoms with Gasteiger partial charge in [0.2, 0.25) is 10.0 Å². The molecule has 0 spiro atoms. The van der Waals surface area contributed by atoms with Gasteiger partial charge in [-0.05, 0) is 25.8 Å². The van der Waals surface area contributed by atoms with E-state index in [1.807, 2.05) is 7.05 Å². The van der Waals surface area contributed by atoms with Crippen molar-refractivity contribution in [2.24, 2.45) is 5.92 Å². The van der Waals surface area contributed by atoms with Crippen molar-refractivity contribution in [1.82, 2.24) is 9.62 Å². The molecule has 1 heterocycles. The summed E-state index contributed by atoms with van der Waals surface area (Å²) in [6, 6.07) is 0.481. The van der Waals surface area contributed by atoms with Crippen LogP contribution in [0.5, 0.6) is 0 Å². The molecule has 4 nitrogen and oxygen atoms in total. The molecule has 0 aliphatic carbocycles. The molecule has 1 saturated heterocycles. The molecule has 1 fully saturated rings. The van der Waals surface area contributed by atoms with Gasteiger partial charge in [0.1, 0.15) is 0 Å². The molecule has 6 heteroatoms. The molecule has 0 aromatic heterocycles. The quantitative estimate of drug-likeness (QED) is 0.814. The van der Waals surface area contributed by atoms with E-state index in [2.05, 4.69) is 19.2 Å². The Bertz CT molecular complexity index is 310. The number of halogens is 1. The number of nitrogens with zero attached hydrogens (tertiary/aromatic N) is 1. The standard InChI is InChI=1S/C12H26N2O2S.ClH/c1-4-11(5-2)10-17(15,16)14-8-6-12(13-3)7-9-14;/h11-13H,4-10H2,1-3H3;1H. The van der Waals surface area contributed by atoms with Gasteiger partial charge < -0.3 is 5.32 Å². The lowest BCUT2D eigenvalue weighted by Crippen LogP contribution is -2.45. The zero-order valence-electron chi connectivity index (χ0n) is 11.7. The maximum Gasteiger partial charge on any atom is 0.214 e. The van der Waals surface area contributed by atoms with E-state index in [1.165, 1.54) is 0 Å². The minimum atomic E-state index is -3.03. The molecular weight excluding hydrogens is 272 g/mol. The Kier molecular flexibility index (Phi) is 8.43. The van der Waals surface area contributed by atoms with Crippen LogP contribution in [0.15, 0.2) is 0 Å². The van der Waals surface area contributed by atoms with Crippen LogP contribution in [0.1, 0.15) is 39.5 Å². The second-order valence-electron chi connectivity index (χ2n) is 4.92. The first-order valence-electron chi connectivity index (χ1n) is 6.68. The summed E-state index contributed by atoms with van der Waals surface area (Å²) < 4.78 is 26.1. The fraction of sp³-hybridized carbons (Fsp3) is 1.00. The van der Waals surface area contributed by atoms with Crippen LogP contribution in [0, 0.1) is 5.92 Å². The van der Waals surface area contributed by atoms with E-state index < -0.39 is 10.0 Å². The summed E-state index contributed by atoms with van der Waals surface area (Å²) in [6.07, 6.45) is 3.75. The topological polar surface area (TPSA) is 49.4 Å². The van der Waals surface area contributed by atoms with Gasteiger partial charge in [0.15, 0.2) is 0 Å². The van der Waals surface area contributed by atoms with Crippen molar-refractivity contribution in [2.45, 2.75) is 45.6 Å². The van der Waals surface area contributed by atoms with Gasteiger partial charge in [0.25, 0.3) is 0 Å². The van der Waals surface area contributed by atoms with E-state index in [1.54, 1.807) is 4.31 Å². The van der Waals surface area contributed by atoms with E-state index in [0.29, 0.717) is 30.8 Å². The van der Waals surface area contributed by atoms with Gasteiger partial charge in [0, 0.05) is 19.1 Å². The van der Waals surface area contributed by atoms with Crippen LogP contribution in [0.4, 0.5) is 0 Å². The molecule has 0 saturated carbocycles. The van der Waals surface area contributed by atoms with Gasteiger partial charge in [0.05, 0.1) is 5.75 Å². The molecule has 0 amide bonds. The molecule has 110 valence electrons. The van der Waals surface area contributed by atoms with Gasteiger partial charge in [-0.2, -0.15) is 0 Å². The molecule has 0 aromatic carbocycles. The Morgan fingerprint density at radius 1 is 1.22 bits per heavy atom. The number of rotatable bonds is 6. The van der Waals surface area contributed by atoms with E-state index >= 15 is 0 Å². The number of piperidine rings is 1. The lowest BCUT2D eigenvalue weighted by Gasteiger charge is -2.31. The second kappa shape index (κ2) is 8.35. The van der Waals surface area contributed by atoms with Gasteiger partial charge >= 0.3 is 0 Å². The molecule has 18 heavy (non-hydrogen) atoms. The van der Waals surface area contributed by atoms with E-state index in [0.717, 1.165) is 25.7 Å². The Morgan fingerprint density at radius 3 is 2.11 bits per heavy atom. The number of hydrogen-bond donors (Lipinski definition) is 1. The highest BCUT2D eigenvalue weighted by atomic mass is 35.5. The Morgan fingerprint density at radius 2 is 1.72 bits per heavy atom. The first kappa shape index (κ1) is 18.2. The summed E-state index contributed by atoms with van der Waals surface area (Å²) in [4.78, 5) is 0. The summed E-state index contributed by atoms with van der Waals surface area (Å²) in [6.45, 7) is 5.48. The average Bonchev–Trinajstić information content (AvgIpc) is 2.36. The fourth-order valence-electron chi connectivity index (χ4n) is 2.35. The summed E-state index contributed by atoms with van der Waals surface area (Å²) in [5.41, 5.74) is 0. The van der Waals surface area contributed by atoms with E-state index in [9.17, 15) is 8.42 Å². The Hall–Kier alpha value is 0.160. The molecular formula is C12H27ClN2O2S. The highest BCUT2D eigenvalue weighted by Gasteiger charge is 2.28. The summed E-state index contributed by atoms with van der Waals surface area (Å²) in [7, 11) is -1.09. The number of nitrogens with one attached hydrogen (secondary N) is 1.